The molecule has 66 valence electrons. The van der Waals surface area contributed by atoms with Gasteiger partial charge in [-0.1, -0.05) is 32.1 Å². The second kappa shape index (κ2) is 4.70. The molecule has 0 aliphatic heterocycles. The Hall–Kier alpha value is -0.110. The molecule has 0 spiro atoms. The standard InChI is InChI=1S/C9H17FO/c10-9(7-11)6-8-4-2-1-3-5-8/h8-9,11H,1-7H2/t9-/m1/s1. The van der Waals surface area contributed by atoms with Gasteiger partial charge in [-0.15, -0.1) is 0 Å². The van der Waals surface area contributed by atoms with Crippen LogP contribution in [0, 0.1) is 5.92 Å². The average Bonchev–Trinajstić information content (AvgIpc) is 2.06. The number of alkyl halides is 1. The van der Waals surface area contributed by atoms with Gasteiger partial charge in [0.05, 0.1) is 6.61 Å². The van der Waals surface area contributed by atoms with Gasteiger partial charge in [-0.3, -0.25) is 0 Å². The first-order valence-corrected chi connectivity index (χ1v) is 4.58. The number of hydrogen-bond donors (Lipinski definition) is 1. The van der Waals surface area contributed by atoms with Gasteiger partial charge in [-0.25, -0.2) is 4.39 Å². The number of aliphatic hydroxyl groups excluding tert-OH is 1. The summed E-state index contributed by atoms with van der Waals surface area (Å²) in [5, 5.41) is 8.49. The Balaban J connectivity index is 2.13. The number of halogens is 1. The quantitative estimate of drug-likeness (QED) is 0.671. The van der Waals surface area contributed by atoms with Crippen molar-refractivity contribution in [1.82, 2.24) is 0 Å². The predicted molar refractivity (Wildman–Crippen MR) is 43.2 cm³/mol. The van der Waals surface area contributed by atoms with E-state index in [2.05, 4.69) is 0 Å². The lowest BCUT2D eigenvalue weighted by Gasteiger charge is -2.22. The molecule has 0 bridgehead atoms. The molecule has 11 heavy (non-hydrogen) atoms. The zero-order valence-corrected chi connectivity index (χ0v) is 6.93. The van der Waals surface area contributed by atoms with E-state index in [0.29, 0.717) is 12.3 Å². The molecule has 1 rings (SSSR count). The van der Waals surface area contributed by atoms with Gasteiger partial charge in [0.2, 0.25) is 0 Å². The van der Waals surface area contributed by atoms with Crippen LogP contribution in [0.3, 0.4) is 0 Å². The van der Waals surface area contributed by atoms with E-state index in [-0.39, 0.29) is 6.61 Å². The van der Waals surface area contributed by atoms with E-state index >= 15 is 0 Å². The molecule has 1 aliphatic rings. The third-order valence-electron chi connectivity index (χ3n) is 2.51. The average molecular weight is 160 g/mol. The van der Waals surface area contributed by atoms with Crippen molar-refractivity contribution in [3.05, 3.63) is 0 Å². The molecule has 0 saturated heterocycles. The SMILES string of the molecule is OC[C@H](F)CC1CCCCC1. The first-order chi connectivity index (χ1) is 5.33. The van der Waals surface area contributed by atoms with Crippen LogP contribution < -0.4 is 0 Å². The van der Waals surface area contributed by atoms with Crippen molar-refractivity contribution < 1.29 is 9.50 Å². The molecule has 1 fully saturated rings. The summed E-state index contributed by atoms with van der Waals surface area (Å²) in [6.07, 6.45) is 5.76. The number of aliphatic hydroxyl groups is 1. The molecule has 0 aromatic carbocycles. The molecular weight excluding hydrogens is 143 g/mol. The molecule has 1 saturated carbocycles. The van der Waals surface area contributed by atoms with Gasteiger partial charge in [0.15, 0.2) is 0 Å². The Labute approximate surface area is 67.6 Å². The summed E-state index contributed by atoms with van der Waals surface area (Å²) in [5.41, 5.74) is 0. The lowest BCUT2D eigenvalue weighted by Crippen LogP contribution is -2.15. The van der Waals surface area contributed by atoms with Crippen molar-refractivity contribution in [3.8, 4) is 0 Å². The van der Waals surface area contributed by atoms with Gasteiger partial charge in [0.25, 0.3) is 0 Å². The fourth-order valence-corrected chi connectivity index (χ4v) is 1.86. The summed E-state index contributed by atoms with van der Waals surface area (Å²) >= 11 is 0. The highest BCUT2D eigenvalue weighted by molar-refractivity contribution is 4.69. The molecule has 0 aromatic heterocycles. The minimum atomic E-state index is -0.974. The monoisotopic (exact) mass is 160 g/mol. The zero-order valence-electron chi connectivity index (χ0n) is 6.93. The molecule has 2 heteroatoms. The highest BCUT2D eigenvalue weighted by atomic mass is 19.1. The van der Waals surface area contributed by atoms with Crippen molar-refractivity contribution >= 4 is 0 Å². The van der Waals surface area contributed by atoms with Gasteiger partial charge in [0, 0.05) is 0 Å². The summed E-state index contributed by atoms with van der Waals surface area (Å²) in [6.45, 7) is -0.295. The van der Waals surface area contributed by atoms with Crippen LogP contribution in [-0.2, 0) is 0 Å². The Bertz CT molecular complexity index is 99.7. The minimum Gasteiger partial charge on any atom is -0.393 e. The molecule has 0 amide bonds. The minimum absolute atomic E-state index is 0.295. The summed E-state index contributed by atoms with van der Waals surface area (Å²) in [7, 11) is 0. The van der Waals surface area contributed by atoms with Gasteiger partial charge < -0.3 is 5.11 Å². The lowest BCUT2D eigenvalue weighted by molar-refractivity contribution is 0.142. The molecule has 1 N–H and O–H groups in total. The van der Waals surface area contributed by atoms with Crippen molar-refractivity contribution in [2.24, 2.45) is 5.92 Å². The van der Waals surface area contributed by atoms with Gasteiger partial charge in [-0.2, -0.15) is 0 Å². The van der Waals surface area contributed by atoms with E-state index in [1.54, 1.807) is 0 Å². The smallest absolute Gasteiger partial charge is 0.123 e. The first-order valence-electron chi connectivity index (χ1n) is 4.58. The van der Waals surface area contributed by atoms with Crippen LogP contribution in [0.5, 0.6) is 0 Å². The molecule has 1 aliphatic carbocycles. The van der Waals surface area contributed by atoms with E-state index < -0.39 is 6.17 Å². The Morgan fingerprint density at radius 2 is 1.91 bits per heavy atom. The van der Waals surface area contributed by atoms with Crippen LogP contribution in [0.15, 0.2) is 0 Å². The maximum absolute atomic E-state index is 12.7. The largest absolute Gasteiger partial charge is 0.393 e. The second-order valence-electron chi connectivity index (χ2n) is 3.52. The Morgan fingerprint density at radius 3 is 2.45 bits per heavy atom. The Morgan fingerprint density at radius 1 is 1.27 bits per heavy atom. The summed E-state index contributed by atoms with van der Waals surface area (Å²) in [4.78, 5) is 0. The topological polar surface area (TPSA) is 20.2 Å². The van der Waals surface area contributed by atoms with E-state index in [1.807, 2.05) is 0 Å². The van der Waals surface area contributed by atoms with Crippen LogP contribution in [0.4, 0.5) is 4.39 Å². The van der Waals surface area contributed by atoms with Crippen molar-refractivity contribution in [3.63, 3.8) is 0 Å². The van der Waals surface area contributed by atoms with Crippen LogP contribution >= 0.6 is 0 Å². The van der Waals surface area contributed by atoms with Gasteiger partial charge >= 0.3 is 0 Å². The van der Waals surface area contributed by atoms with Gasteiger partial charge in [0.1, 0.15) is 6.17 Å². The summed E-state index contributed by atoms with van der Waals surface area (Å²) in [6, 6.07) is 0. The zero-order chi connectivity index (χ0) is 8.10. The number of rotatable bonds is 3. The summed E-state index contributed by atoms with van der Waals surface area (Å²) < 4.78 is 12.7. The maximum Gasteiger partial charge on any atom is 0.123 e. The molecule has 0 aromatic rings. The maximum atomic E-state index is 12.7. The van der Waals surface area contributed by atoms with E-state index in [0.717, 1.165) is 0 Å². The normalized spacial score (nSPS) is 23.5. The van der Waals surface area contributed by atoms with E-state index in [4.69, 9.17) is 5.11 Å². The van der Waals surface area contributed by atoms with Crippen LogP contribution in [0.2, 0.25) is 0 Å². The molecule has 1 atom stereocenters. The number of hydrogen-bond acceptors (Lipinski definition) is 1. The van der Waals surface area contributed by atoms with Crippen molar-refractivity contribution in [2.75, 3.05) is 6.61 Å². The van der Waals surface area contributed by atoms with E-state index in [9.17, 15) is 4.39 Å². The van der Waals surface area contributed by atoms with Crippen LogP contribution in [0.1, 0.15) is 38.5 Å². The molecule has 1 nitrogen and oxygen atoms in total. The lowest BCUT2D eigenvalue weighted by atomic mass is 9.86. The predicted octanol–water partition coefficient (Wildman–Crippen LogP) is 2.29. The molecule has 0 unspecified atom stereocenters. The Kier molecular flexibility index (Phi) is 3.84. The van der Waals surface area contributed by atoms with Gasteiger partial charge in [-0.05, 0) is 12.3 Å². The molecular formula is C9H17FO. The molecule has 0 heterocycles. The fraction of sp³-hybridized carbons (Fsp3) is 1.00. The van der Waals surface area contributed by atoms with Crippen molar-refractivity contribution in [1.29, 1.82) is 0 Å². The van der Waals surface area contributed by atoms with E-state index in [1.165, 1.54) is 32.1 Å². The third-order valence-corrected chi connectivity index (χ3v) is 2.51. The highest BCUT2D eigenvalue weighted by Gasteiger charge is 2.17. The molecule has 0 radical (unpaired) electrons. The third kappa shape index (κ3) is 3.19. The first kappa shape index (κ1) is 8.98. The second-order valence-corrected chi connectivity index (χ2v) is 3.52. The highest BCUT2D eigenvalue weighted by Crippen LogP contribution is 2.27. The van der Waals surface area contributed by atoms with Crippen LogP contribution in [0.25, 0.3) is 0 Å². The summed E-state index contributed by atoms with van der Waals surface area (Å²) in [5.74, 6) is 0.547. The van der Waals surface area contributed by atoms with Crippen LogP contribution in [-0.4, -0.2) is 17.9 Å². The fourth-order valence-electron chi connectivity index (χ4n) is 1.86. The van der Waals surface area contributed by atoms with Crippen molar-refractivity contribution in [2.45, 2.75) is 44.7 Å².